The number of nitrogens with zero attached hydrogens (tertiary/aromatic N) is 1. The highest BCUT2D eigenvalue weighted by molar-refractivity contribution is 5.06. The first-order valence-electron chi connectivity index (χ1n) is 1.81. The fraction of sp³-hybridized carbons (Fsp3) is 0.200. The quantitative estimate of drug-likeness (QED) is 0.475. The molecule has 0 bridgehead atoms. The van der Waals surface area contributed by atoms with Gasteiger partial charge >= 0.3 is 0 Å². The largest absolute Gasteiger partial charge is 0.244 e. The van der Waals surface area contributed by atoms with Crippen molar-refractivity contribution in [2.24, 2.45) is 0 Å². The Morgan fingerprint density at radius 3 is 2.38 bits per heavy atom. The minimum absolute atomic E-state index is 1.03. The summed E-state index contributed by atoms with van der Waals surface area (Å²) < 4.78 is 23.3. The lowest BCUT2D eigenvalue weighted by Gasteiger charge is -1.85. The van der Waals surface area contributed by atoms with E-state index in [4.69, 9.17) is 5.26 Å². The van der Waals surface area contributed by atoms with Gasteiger partial charge in [0.15, 0.2) is 5.83 Å². The molecule has 0 aliphatic carbocycles. The van der Waals surface area contributed by atoms with E-state index in [0.29, 0.717) is 0 Å². The van der Waals surface area contributed by atoms with Crippen molar-refractivity contribution in [3.8, 4) is 6.07 Å². The molecule has 0 radical (unpaired) electrons. The third-order valence-corrected chi connectivity index (χ3v) is 0.505. The van der Waals surface area contributed by atoms with E-state index < -0.39 is 12.0 Å². The van der Waals surface area contributed by atoms with Gasteiger partial charge in [-0.05, 0) is 0 Å². The Bertz CT molecular complexity index is 162. The average molecular weight is 115 g/mol. The molecule has 0 aromatic heterocycles. The zero-order valence-corrected chi connectivity index (χ0v) is 3.99. The summed E-state index contributed by atoms with van der Waals surface area (Å²) in [5, 5.41) is 7.68. The van der Waals surface area contributed by atoms with Gasteiger partial charge in [-0.3, -0.25) is 0 Å². The molecule has 0 fully saturated rings. The zero-order chi connectivity index (χ0) is 6.57. The fourth-order valence-electron chi connectivity index (χ4n) is 0.146. The lowest BCUT2D eigenvalue weighted by Crippen LogP contribution is -1.92. The maximum Gasteiger partial charge on any atom is 0.244 e. The molecule has 0 amide bonds. The minimum atomic E-state index is -2.20. The summed E-state index contributed by atoms with van der Waals surface area (Å²) in [6, 6.07) is 1.03. The Hall–Kier alpha value is -1.13. The van der Waals surface area contributed by atoms with Crippen LogP contribution in [0.2, 0.25) is 0 Å². The lowest BCUT2D eigenvalue weighted by molar-refractivity contribution is 0.390. The molecule has 3 heteroatoms. The fourth-order valence-corrected chi connectivity index (χ4v) is 0.146. The average Bonchev–Trinajstić information content (AvgIpc) is 1.84. The number of allylic oxidation sites excluding steroid dienone is 1. The molecule has 0 saturated carbocycles. The van der Waals surface area contributed by atoms with Crippen LogP contribution < -0.4 is 0 Å². The first kappa shape index (κ1) is 6.87. The summed E-state index contributed by atoms with van der Waals surface area (Å²) in [6.07, 6.45) is -2.20. The third kappa shape index (κ3) is 1.55. The van der Waals surface area contributed by atoms with E-state index in [0.717, 1.165) is 6.07 Å². The molecule has 0 heterocycles. The summed E-state index contributed by atoms with van der Waals surface area (Å²) in [7, 11) is 0. The molecule has 1 unspecified atom stereocenters. The van der Waals surface area contributed by atoms with Crippen molar-refractivity contribution in [3.05, 3.63) is 18.1 Å². The van der Waals surface area contributed by atoms with E-state index in [-0.39, 0.29) is 0 Å². The van der Waals surface area contributed by atoms with E-state index in [9.17, 15) is 8.78 Å². The van der Waals surface area contributed by atoms with E-state index >= 15 is 0 Å². The van der Waals surface area contributed by atoms with Gasteiger partial charge in [0.05, 0.1) is 0 Å². The maximum atomic E-state index is 11.7. The van der Waals surface area contributed by atoms with Gasteiger partial charge in [-0.25, -0.2) is 4.39 Å². The van der Waals surface area contributed by atoms with Crippen molar-refractivity contribution in [1.29, 1.82) is 5.26 Å². The SMILES string of the molecule is C=C=C(F)C(F)C#N. The molecule has 8 heavy (non-hydrogen) atoms. The van der Waals surface area contributed by atoms with Crippen LogP contribution in [0.3, 0.4) is 0 Å². The molecule has 0 spiro atoms. The molecule has 0 aliphatic rings. The minimum Gasteiger partial charge on any atom is -0.222 e. The van der Waals surface area contributed by atoms with Gasteiger partial charge in [0, 0.05) is 0 Å². The Morgan fingerprint density at radius 1 is 1.75 bits per heavy atom. The topological polar surface area (TPSA) is 23.8 Å². The lowest BCUT2D eigenvalue weighted by atomic mass is 10.4. The summed E-state index contributed by atoms with van der Waals surface area (Å²) in [5.41, 5.74) is 1.62. The van der Waals surface area contributed by atoms with Gasteiger partial charge in [-0.1, -0.05) is 12.3 Å². The van der Waals surface area contributed by atoms with Crippen LogP contribution in [0.4, 0.5) is 8.78 Å². The molecular weight excluding hydrogens is 112 g/mol. The predicted octanol–water partition coefficient (Wildman–Crippen LogP) is 1.49. The second-order valence-corrected chi connectivity index (χ2v) is 1.02. The van der Waals surface area contributed by atoms with Crippen LogP contribution in [-0.4, -0.2) is 6.17 Å². The number of rotatable bonds is 1. The van der Waals surface area contributed by atoms with E-state index in [2.05, 4.69) is 6.58 Å². The standard InChI is InChI=1S/C5H3F2N/c1-2-4(6)5(7)3-8/h5H,1H2. The molecule has 1 atom stereocenters. The van der Waals surface area contributed by atoms with Gasteiger partial charge in [-0.2, -0.15) is 9.65 Å². The van der Waals surface area contributed by atoms with E-state index in [1.165, 1.54) is 0 Å². The summed E-state index contributed by atoms with van der Waals surface area (Å²) in [4.78, 5) is 0. The van der Waals surface area contributed by atoms with Crippen LogP contribution in [0.25, 0.3) is 0 Å². The van der Waals surface area contributed by atoms with Crippen molar-refractivity contribution in [2.75, 3.05) is 0 Å². The highest BCUT2D eigenvalue weighted by atomic mass is 19.2. The molecule has 1 nitrogen and oxygen atoms in total. The van der Waals surface area contributed by atoms with Gasteiger partial charge in [0.2, 0.25) is 6.17 Å². The molecule has 42 valence electrons. The van der Waals surface area contributed by atoms with Crippen LogP contribution in [0, 0.1) is 11.3 Å². The molecule has 0 aromatic rings. The van der Waals surface area contributed by atoms with Crippen molar-refractivity contribution in [1.82, 2.24) is 0 Å². The Labute approximate surface area is 45.5 Å². The molecule has 0 aromatic carbocycles. The highest BCUT2D eigenvalue weighted by Crippen LogP contribution is 2.03. The Balaban J connectivity index is 4.08. The first-order valence-corrected chi connectivity index (χ1v) is 1.81. The molecular formula is C5H3F2N. The maximum absolute atomic E-state index is 11.7. The van der Waals surface area contributed by atoms with Gasteiger partial charge < -0.3 is 0 Å². The second-order valence-electron chi connectivity index (χ2n) is 1.02. The summed E-state index contributed by atoms with van der Waals surface area (Å²) in [6.45, 7) is 2.80. The van der Waals surface area contributed by atoms with E-state index in [1.807, 2.05) is 0 Å². The van der Waals surface area contributed by atoms with Crippen LogP contribution in [0.1, 0.15) is 0 Å². The third-order valence-electron chi connectivity index (χ3n) is 0.505. The number of nitriles is 1. The summed E-state index contributed by atoms with van der Waals surface area (Å²) >= 11 is 0. The zero-order valence-electron chi connectivity index (χ0n) is 3.99. The molecule has 0 rings (SSSR count). The van der Waals surface area contributed by atoms with E-state index in [1.54, 1.807) is 5.73 Å². The van der Waals surface area contributed by atoms with Crippen LogP contribution in [-0.2, 0) is 0 Å². The molecule has 0 N–H and O–H groups in total. The van der Waals surface area contributed by atoms with Crippen LogP contribution in [0.5, 0.6) is 0 Å². The number of hydrogen-bond donors (Lipinski definition) is 0. The van der Waals surface area contributed by atoms with Crippen molar-refractivity contribution < 1.29 is 8.78 Å². The monoisotopic (exact) mass is 115 g/mol. The summed E-state index contributed by atoms with van der Waals surface area (Å²) in [5.74, 6) is -1.26. The van der Waals surface area contributed by atoms with Crippen molar-refractivity contribution in [2.45, 2.75) is 6.17 Å². The van der Waals surface area contributed by atoms with Crippen molar-refractivity contribution >= 4 is 0 Å². The van der Waals surface area contributed by atoms with Gasteiger partial charge in [-0.15, -0.1) is 0 Å². The van der Waals surface area contributed by atoms with Gasteiger partial charge in [0.25, 0.3) is 0 Å². The predicted molar refractivity (Wildman–Crippen MR) is 24.3 cm³/mol. The highest BCUT2D eigenvalue weighted by Gasteiger charge is 2.08. The second kappa shape index (κ2) is 2.95. The Morgan fingerprint density at radius 2 is 2.25 bits per heavy atom. The molecule has 0 saturated heterocycles. The Kier molecular flexibility index (Phi) is 2.53. The van der Waals surface area contributed by atoms with Gasteiger partial charge in [0.1, 0.15) is 6.07 Å². The van der Waals surface area contributed by atoms with Crippen LogP contribution >= 0.6 is 0 Å². The normalized spacial score (nSPS) is 11.1. The first-order chi connectivity index (χ1) is 3.72. The number of halogens is 2. The number of alkyl halides is 1. The smallest absolute Gasteiger partial charge is 0.222 e. The van der Waals surface area contributed by atoms with Crippen molar-refractivity contribution in [3.63, 3.8) is 0 Å². The number of hydrogen-bond acceptors (Lipinski definition) is 1. The molecule has 0 aliphatic heterocycles. The van der Waals surface area contributed by atoms with Crippen LogP contribution in [0.15, 0.2) is 18.1 Å².